The fourth-order valence-electron chi connectivity index (χ4n) is 5.67. The summed E-state index contributed by atoms with van der Waals surface area (Å²) in [5.41, 5.74) is -0.534. The van der Waals surface area contributed by atoms with Crippen LogP contribution < -0.4 is 0 Å². The molecule has 0 saturated carbocycles. The molecular weight excluding hydrogens is 500 g/mol. The lowest BCUT2D eigenvalue weighted by Crippen LogP contribution is -2.54. The van der Waals surface area contributed by atoms with Crippen LogP contribution in [0.4, 0.5) is 0 Å². The molecule has 226 valence electrons. The van der Waals surface area contributed by atoms with Crippen LogP contribution in [0.5, 0.6) is 0 Å². The van der Waals surface area contributed by atoms with E-state index in [9.17, 15) is 24.3 Å². The van der Waals surface area contributed by atoms with E-state index in [0.717, 1.165) is 12.8 Å². The third kappa shape index (κ3) is 9.00. The van der Waals surface area contributed by atoms with Gasteiger partial charge in [0.1, 0.15) is 5.78 Å². The Hall–Kier alpha value is -2.00. The van der Waals surface area contributed by atoms with Gasteiger partial charge in [0.2, 0.25) is 11.8 Å². The lowest BCUT2D eigenvalue weighted by atomic mass is 9.80. The predicted molar refractivity (Wildman–Crippen MR) is 151 cm³/mol. The van der Waals surface area contributed by atoms with Crippen molar-refractivity contribution in [2.75, 3.05) is 27.8 Å². The monoisotopic (exact) mass is 554 g/mol. The fourth-order valence-corrected chi connectivity index (χ4v) is 5.67. The largest absolute Gasteiger partial charge is 0.481 e. The molecule has 0 spiro atoms. The summed E-state index contributed by atoms with van der Waals surface area (Å²) in [4.78, 5) is 55.4. The average Bonchev–Trinajstić information content (AvgIpc) is 3.34. The Balaban J connectivity index is 3.23. The number of carbonyl (C=O) groups is 4. The second-order valence-corrected chi connectivity index (χ2v) is 12.7. The highest BCUT2D eigenvalue weighted by molar-refractivity contribution is 5.89. The van der Waals surface area contributed by atoms with Crippen molar-refractivity contribution in [2.24, 2.45) is 29.1 Å². The molecule has 1 fully saturated rings. The quantitative estimate of drug-likeness (QED) is 0.322. The zero-order chi connectivity index (χ0) is 30.2. The smallest absolute Gasteiger partial charge is 0.308 e. The average molecular weight is 555 g/mol. The highest BCUT2D eigenvalue weighted by Gasteiger charge is 2.43. The number of carbonyl (C=O) groups excluding carboxylic acids is 3. The molecule has 0 aromatic carbocycles. The third-order valence-electron chi connectivity index (χ3n) is 8.60. The SMILES string of the molecule is CC[C@H](C)[C@@H]([C@@H](CC(=O)N1CCC[C@H]1[C@H](OC)[C@@H](C)C(=O)O)OC)N(C)C(=O)[C@@H](CC(=O)C(C)(C)C)C(C)C. The van der Waals surface area contributed by atoms with E-state index in [-0.39, 0.29) is 54.4 Å². The number of ether oxygens (including phenoxy) is 2. The third-order valence-corrected chi connectivity index (χ3v) is 8.60. The van der Waals surface area contributed by atoms with Crippen molar-refractivity contribution >= 4 is 23.6 Å². The molecule has 2 amide bonds. The number of hydrogen-bond acceptors (Lipinski definition) is 6. The lowest BCUT2D eigenvalue weighted by molar-refractivity contribution is -0.152. The molecule has 1 N–H and O–H groups in total. The minimum atomic E-state index is -0.961. The fraction of sp³-hybridized carbons (Fsp3) is 0.867. The Labute approximate surface area is 236 Å². The van der Waals surface area contributed by atoms with Gasteiger partial charge in [0.25, 0.3) is 0 Å². The van der Waals surface area contributed by atoms with E-state index in [4.69, 9.17) is 9.47 Å². The molecule has 1 aliphatic rings. The number of rotatable bonds is 15. The second-order valence-electron chi connectivity index (χ2n) is 12.7. The van der Waals surface area contributed by atoms with Crippen LogP contribution in [0.2, 0.25) is 0 Å². The van der Waals surface area contributed by atoms with Crippen molar-refractivity contribution in [2.45, 2.75) is 112 Å². The summed E-state index contributed by atoms with van der Waals surface area (Å²) in [7, 11) is 4.79. The minimum Gasteiger partial charge on any atom is -0.481 e. The van der Waals surface area contributed by atoms with Gasteiger partial charge in [-0.1, -0.05) is 54.9 Å². The molecule has 9 nitrogen and oxygen atoms in total. The van der Waals surface area contributed by atoms with Crippen molar-refractivity contribution in [1.82, 2.24) is 9.80 Å². The van der Waals surface area contributed by atoms with Gasteiger partial charge in [-0.05, 0) is 31.6 Å². The van der Waals surface area contributed by atoms with E-state index in [2.05, 4.69) is 0 Å². The number of likely N-dealkylation sites (N-methyl/N-ethyl adjacent to an activating group) is 1. The highest BCUT2D eigenvalue weighted by atomic mass is 16.5. The van der Waals surface area contributed by atoms with E-state index in [0.29, 0.717) is 13.0 Å². The summed E-state index contributed by atoms with van der Waals surface area (Å²) in [6.07, 6.45) is 1.27. The molecular formula is C30H54N2O7. The number of carboxylic acids is 1. The van der Waals surface area contributed by atoms with Gasteiger partial charge in [-0.2, -0.15) is 0 Å². The van der Waals surface area contributed by atoms with E-state index in [1.165, 1.54) is 7.11 Å². The van der Waals surface area contributed by atoms with Gasteiger partial charge in [-0.3, -0.25) is 19.2 Å². The van der Waals surface area contributed by atoms with E-state index >= 15 is 0 Å². The topological polar surface area (TPSA) is 113 Å². The molecule has 0 aromatic heterocycles. The Kier molecular flexibility index (Phi) is 13.6. The van der Waals surface area contributed by atoms with Crippen LogP contribution in [0.15, 0.2) is 0 Å². The molecule has 1 heterocycles. The van der Waals surface area contributed by atoms with Crippen LogP contribution in [0.25, 0.3) is 0 Å². The molecule has 9 heteroatoms. The van der Waals surface area contributed by atoms with Crippen molar-refractivity contribution < 1.29 is 33.8 Å². The summed E-state index contributed by atoms with van der Waals surface area (Å²) in [6.45, 7) is 15.7. The van der Waals surface area contributed by atoms with Gasteiger partial charge in [0.05, 0.1) is 36.6 Å². The Morgan fingerprint density at radius 3 is 2.05 bits per heavy atom. The molecule has 0 radical (unpaired) electrons. The first-order valence-electron chi connectivity index (χ1n) is 14.4. The van der Waals surface area contributed by atoms with Crippen LogP contribution in [0, 0.1) is 29.1 Å². The Bertz CT molecular complexity index is 838. The summed E-state index contributed by atoms with van der Waals surface area (Å²) in [5, 5.41) is 9.55. The standard InChI is InChI=1S/C30H54N2O7/c1-12-19(4)26(31(9)28(35)21(18(2)3)16-24(33)30(6,7)8)23(38-10)17-25(34)32-15-13-14-22(32)27(39-11)20(5)29(36)37/h18-23,26-27H,12-17H2,1-11H3,(H,36,37)/t19-,20+,21-,22-,23+,26-,27+/m0/s1. The number of methoxy groups -OCH3 is 2. The van der Waals surface area contributed by atoms with Gasteiger partial charge in [0.15, 0.2) is 0 Å². The van der Waals surface area contributed by atoms with E-state index in [1.54, 1.807) is 30.9 Å². The number of amides is 2. The van der Waals surface area contributed by atoms with E-state index < -0.39 is 35.4 Å². The van der Waals surface area contributed by atoms with Crippen molar-refractivity contribution in [3.05, 3.63) is 0 Å². The van der Waals surface area contributed by atoms with Crippen LogP contribution >= 0.6 is 0 Å². The van der Waals surface area contributed by atoms with Gasteiger partial charge < -0.3 is 24.4 Å². The summed E-state index contributed by atoms with van der Waals surface area (Å²) < 4.78 is 11.4. The first-order valence-corrected chi connectivity index (χ1v) is 14.4. The van der Waals surface area contributed by atoms with Crippen LogP contribution in [0.3, 0.4) is 0 Å². The van der Waals surface area contributed by atoms with E-state index in [1.807, 2.05) is 48.5 Å². The predicted octanol–water partition coefficient (Wildman–Crippen LogP) is 4.27. The van der Waals surface area contributed by atoms with Crippen LogP contribution in [0.1, 0.15) is 87.5 Å². The van der Waals surface area contributed by atoms with Gasteiger partial charge in [0, 0.05) is 45.6 Å². The van der Waals surface area contributed by atoms with Crippen molar-refractivity contribution in [3.63, 3.8) is 0 Å². The number of aliphatic carboxylic acids is 1. The van der Waals surface area contributed by atoms with Crippen molar-refractivity contribution in [1.29, 1.82) is 0 Å². The molecule has 1 rings (SSSR count). The highest BCUT2D eigenvalue weighted by Crippen LogP contribution is 2.31. The first kappa shape index (κ1) is 35.0. The lowest BCUT2D eigenvalue weighted by Gasteiger charge is -2.41. The Morgan fingerprint density at radius 2 is 1.62 bits per heavy atom. The molecule has 1 saturated heterocycles. The number of Topliss-reactive ketones (excluding diaryl/α,β-unsaturated/α-hetero) is 1. The van der Waals surface area contributed by atoms with Gasteiger partial charge >= 0.3 is 5.97 Å². The summed E-state index contributed by atoms with van der Waals surface area (Å²) in [5.74, 6) is -2.38. The zero-order valence-electron chi connectivity index (χ0n) is 26.2. The van der Waals surface area contributed by atoms with Gasteiger partial charge in [-0.15, -0.1) is 0 Å². The summed E-state index contributed by atoms with van der Waals surface area (Å²) >= 11 is 0. The molecule has 1 aliphatic heterocycles. The number of ketones is 1. The summed E-state index contributed by atoms with van der Waals surface area (Å²) in [6, 6.07) is -0.707. The molecule has 0 bridgehead atoms. The van der Waals surface area contributed by atoms with Crippen molar-refractivity contribution in [3.8, 4) is 0 Å². The molecule has 7 atom stereocenters. The minimum absolute atomic E-state index is 0.0287. The van der Waals surface area contributed by atoms with Gasteiger partial charge in [-0.25, -0.2) is 0 Å². The number of likely N-dealkylation sites (tertiary alicyclic amines) is 1. The maximum absolute atomic E-state index is 13.8. The number of hydrogen-bond donors (Lipinski definition) is 1. The molecule has 0 unspecified atom stereocenters. The molecule has 0 aromatic rings. The van der Waals surface area contributed by atoms with Crippen LogP contribution in [-0.4, -0.2) is 90.6 Å². The maximum atomic E-state index is 13.8. The Morgan fingerprint density at radius 1 is 1.03 bits per heavy atom. The number of nitrogens with zero attached hydrogens (tertiary/aromatic N) is 2. The zero-order valence-corrected chi connectivity index (χ0v) is 26.2. The first-order chi connectivity index (χ1) is 18.0. The van der Waals surface area contributed by atoms with Crippen LogP contribution in [-0.2, 0) is 28.7 Å². The maximum Gasteiger partial charge on any atom is 0.308 e. The molecule has 39 heavy (non-hydrogen) atoms. The second kappa shape index (κ2) is 15.1. The molecule has 0 aliphatic carbocycles. The normalized spacial score (nSPS) is 20.7. The number of carboxylic acid groups (broad SMARTS) is 1.